The summed E-state index contributed by atoms with van der Waals surface area (Å²) in [5, 5.41) is 3.51. The third kappa shape index (κ3) is 3.77. The molecule has 100 valence electrons. The largest absolute Gasteiger partial charge is 0.308 e. The second-order valence-corrected chi connectivity index (χ2v) is 6.54. The molecule has 0 spiro atoms. The van der Waals surface area contributed by atoms with Crippen LogP contribution < -0.4 is 5.32 Å². The van der Waals surface area contributed by atoms with Gasteiger partial charge in [-0.05, 0) is 53.4 Å². The molecule has 1 saturated carbocycles. The van der Waals surface area contributed by atoms with Gasteiger partial charge in [0.2, 0.25) is 0 Å². The van der Waals surface area contributed by atoms with Gasteiger partial charge in [0, 0.05) is 35.5 Å². The Balaban J connectivity index is 2.10. The summed E-state index contributed by atoms with van der Waals surface area (Å²) >= 11 is 0. The molecule has 0 amide bonds. The quantitative estimate of drug-likeness (QED) is 0.889. The van der Waals surface area contributed by atoms with E-state index in [1.807, 2.05) is 0 Å². The van der Waals surface area contributed by atoms with Gasteiger partial charge in [0.1, 0.15) is 5.82 Å². The minimum absolute atomic E-state index is 0.131. The molecule has 1 N–H and O–H groups in total. The first kappa shape index (κ1) is 13.5. The van der Waals surface area contributed by atoms with Crippen LogP contribution in [0.25, 0.3) is 0 Å². The van der Waals surface area contributed by atoms with Crippen LogP contribution in [0.15, 0.2) is 0 Å². The van der Waals surface area contributed by atoms with Crippen LogP contribution in [0.1, 0.15) is 56.4 Å². The van der Waals surface area contributed by atoms with Crippen LogP contribution >= 0.6 is 0 Å². The summed E-state index contributed by atoms with van der Waals surface area (Å²) in [4.78, 5) is 9.33. The molecule has 0 aromatic carbocycles. The average molecular weight is 247 g/mol. The lowest BCUT2D eigenvalue weighted by atomic mass is 10.1. The smallest absolute Gasteiger partial charge is 0.129 e. The Morgan fingerprint density at radius 1 is 1.11 bits per heavy atom. The predicted octanol–water partition coefficient (Wildman–Crippen LogP) is 2.93. The molecule has 1 aromatic rings. The van der Waals surface area contributed by atoms with E-state index in [-0.39, 0.29) is 5.54 Å². The molecular weight excluding hydrogens is 222 g/mol. The molecule has 1 aliphatic carbocycles. The molecule has 0 atom stereocenters. The van der Waals surface area contributed by atoms with E-state index in [0.29, 0.717) is 0 Å². The number of nitrogens with zero attached hydrogens (tertiary/aromatic N) is 2. The van der Waals surface area contributed by atoms with E-state index in [4.69, 9.17) is 0 Å². The first-order valence-electron chi connectivity index (χ1n) is 6.93. The van der Waals surface area contributed by atoms with E-state index >= 15 is 0 Å². The van der Waals surface area contributed by atoms with Crippen molar-refractivity contribution in [3.8, 4) is 0 Å². The topological polar surface area (TPSA) is 37.8 Å². The van der Waals surface area contributed by atoms with E-state index < -0.39 is 0 Å². The molecule has 0 unspecified atom stereocenters. The van der Waals surface area contributed by atoms with Crippen LogP contribution in [-0.2, 0) is 13.0 Å². The maximum atomic E-state index is 4.66. The molecule has 3 heteroatoms. The van der Waals surface area contributed by atoms with Gasteiger partial charge in [-0.1, -0.05) is 0 Å². The highest BCUT2D eigenvalue weighted by Gasteiger charge is 2.23. The fourth-order valence-corrected chi connectivity index (χ4v) is 2.09. The van der Waals surface area contributed by atoms with Crippen LogP contribution in [-0.4, -0.2) is 15.5 Å². The molecule has 18 heavy (non-hydrogen) atoms. The van der Waals surface area contributed by atoms with Gasteiger partial charge in [0.05, 0.1) is 0 Å². The van der Waals surface area contributed by atoms with Crippen molar-refractivity contribution in [1.82, 2.24) is 15.3 Å². The first-order chi connectivity index (χ1) is 8.35. The van der Waals surface area contributed by atoms with Gasteiger partial charge in [-0.3, -0.25) is 0 Å². The third-order valence-electron chi connectivity index (χ3n) is 3.43. The lowest BCUT2D eigenvalue weighted by Crippen LogP contribution is -2.35. The lowest BCUT2D eigenvalue weighted by Gasteiger charge is -2.22. The van der Waals surface area contributed by atoms with Crippen molar-refractivity contribution in [3.63, 3.8) is 0 Å². The van der Waals surface area contributed by atoms with Gasteiger partial charge < -0.3 is 5.32 Å². The minimum Gasteiger partial charge on any atom is -0.308 e. The Kier molecular flexibility index (Phi) is 3.71. The average Bonchev–Trinajstić information content (AvgIpc) is 2.98. The Hall–Kier alpha value is -0.960. The SMILES string of the molecule is Cc1nc(CC2CC2)nc(C)c1CNC(C)(C)C. The fourth-order valence-electron chi connectivity index (χ4n) is 2.09. The molecular formula is C15H25N3. The summed E-state index contributed by atoms with van der Waals surface area (Å²) in [7, 11) is 0. The van der Waals surface area contributed by atoms with Crippen LogP contribution in [0.5, 0.6) is 0 Å². The maximum absolute atomic E-state index is 4.66. The predicted molar refractivity (Wildman–Crippen MR) is 74.5 cm³/mol. The molecule has 1 aliphatic rings. The number of hydrogen-bond donors (Lipinski definition) is 1. The minimum atomic E-state index is 0.131. The monoisotopic (exact) mass is 247 g/mol. The van der Waals surface area contributed by atoms with Crippen LogP contribution in [0.3, 0.4) is 0 Å². The Bertz CT molecular complexity index is 405. The molecule has 0 saturated heterocycles. The van der Waals surface area contributed by atoms with E-state index in [0.717, 1.165) is 36.1 Å². The summed E-state index contributed by atoms with van der Waals surface area (Å²) in [5.41, 5.74) is 3.65. The zero-order chi connectivity index (χ0) is 13.3. The van der Waals surface area contributed by atoms with Crippen molar-refractivity contribution >= 4 is 0 Å². The third-order valence-corrected chi connectivity index (χ3v) is 3.43. The van der Waals surface area contributed by atoms with Gasteiger partial charge in [-0.2, -0.15) is 0 Å². The summed E-state index contributed by atoms with van der Waals surface area (Å²) in [6.45, 7) is 11.6. The van der Waals surface area contributed by atoms with Gasteiger partial charge in [-0.15, -0.1) is 0 Å². The van der Waals surface area contributed by atoms with Gasteiger partial charge in [0.25, 0.3) is 0 Å². The van der Waals surface area contributed by atoms with E-state index in [9.17, 15) is 0 Å². The van der Waals surface area contributed by atoms with Crippen molar-refractivity contribution in [3.05, 3.63) is 22.8 Å². The Morgan fingerprint density at radius 2 is 1.67 bits per heavy atom. The second-order valence-electron chi connectivity index (χ2n) is 6.54. The highest BCUT2D eigenvalue weighted by Crippen LogP contribution is 2.31. The summed E-state index contributed by atoms with van der Waals surface area (Å²) < 4.78 is 0. The molecule has 0 radical (unpaired) electrons. The van der Waals surface area contributed by atoms with E-state index in [2.05, 4.69) is 49.9 Å². The molecule has 0 aliphatic heterocycles. The van der Waals surface area contributed by atoms with Crippen LogP contribution in [0.4, 0.5) is 0 Å². The fraction of sp³-hybridized carbons (Fsp3) is 0.733. The zero-order valence-corrected chi connectivity index (χ0v) is 12.3. The van der Waals surface area contributed by atoms with Crippen molar-refractivity contribution in [2.24, 2.45) is 5.92 Å². The maximum Gasteiger partial charge on any atom is 0.129 e. The lowest BCUT2D eigenvalue weighted by molar-refractivity contribution is 0.422. The zero-order valence-electron chi connectivity index (χ0n) is 12.3. The van der Waals surface area contributed by atoms with Crippen molar-refractivity contribution in [2.75, 3.05) is 0 Å². The van der Waals surface area contributed by atoms with Gasteiger partial charge in [-0.25, -0.2) is 9.97 Å². The molecule has 2 rings (SSSR count). The van der Waals surface area contributed by atoms with Crippen molar-refractivity contribution in [1.29, 1.82) is 0 Å². The first-order valence-corrected chi connectivity index (χ1v) is 6.93. The summed E-state index contributed by atoms with van der Waals surface area (Å²) in [6, 6.07) is 0. The highest BCUT2D eigenvalue weighted by molar-refractivity contribution is 5.24. The van der Waals surface area contributed by atoms with Gasteiger partial charge in [0.15, 0.2) is 0 Å². The summed E-state index contributed by atoms with van der Waals surface area (Å²) in [6.07, 6.45) is 3.78. The van der Waals surface area contributed by atoms with Crippen molar-refractivity contribution in [2.45, 2.75) is 66.0 Å². The Labute approximate surface area is 110 Å². The van der Waals surface area contributed by atoms with Crippen molar-refractivity contribution < 1.29 is 0 Å². The number of aryl methyl sites for hydroxylation is 2. The van der Waals surface area contributed by atoms with E-state index in [1.54, 1.807) is 0 Å². The number of rotatable bonds is 4. The Morgan fingerprint density at radius 3 is 2.11 bits per heavy atom. The molecule has 3 nitrogen and oxygen atoms in total. The van der Waals surface area contributed by atoms with E-state index in [1.165, 1.54) is 18.4 Å². The van der Waals surface area contributed by atoms with Crippen LogP contribution in [0.2, 0.25) is 0 Å². The molecule has 1 heterocycles. The normalized spacial score (nSPS) is 16.1. The molecule has 1 aromatic heterocycles. The van der Waals surface area contributed by atoms with Gasteiger partial charge >= 0.3 is 0 Å². The number of aromatic nitrogens is 2. The second kappa shape index (κ2) is 4.96. The highest BCUT2D eigenvalue weighted by atomic mass is 15.0. The number of nitrogens with one attached hydrogen (secondary N) is 1. The number of hydrogen-bond acceptors (Lipinski definition) is 3. The summed E-state index contributed by atoms with van der Waals surface area (Å²) in [5.74, 6) is 1.88. The molecule has 0 bridgehead atoms. The van der Waals surface area contributed by atoms with Crippen LogP contribution in [0, 0.1) is 19.8 Å². The standard InChI is InChI=1S/C15H25N3/c1-10-13(9-16-15(3,4)5)11(2)18-14(17-10)8-12-6-7-12/h12,16H,6-9H2,1-5H3. The molecule has 1 fully saturated rings.